The molecule has 0 aliphatic heterocycles. The van der Waals surface area contributed by atoms with E-state index in [-0.39, 0.29) is 5.75 Å². The van der Waals surface area contributed by atoms with Gasteiger partial charge in [-0.25, -0.2) is 15.5 Å². The van der Waals surface area contributed by atoms with Crippen LogP contribution in [0, 0.1) is 5.53 Å². The van der Waals surface area contributed by atoms with E-state index in [1.807, 2.05) is 60.7 Å². The second kappa shape index (κ2) is 8.20. The first kappa shape index (κ1) is 18.8. The highest BCUT2D eigenvalue weighted by Crippen LogP contribution is 2.30. The number of aromatic hydroxyl groups is 1. The van der Waals surface area contributed by atoms with Gasteiger partial charge in [0.15, 0.2) is 11.9 Å². The molecule has 0 aliphatic carbocycles. The third-order valence-corrected chi connectivity index (χ3v) is 4.79. The van der Waals surface area contributed by atoms with E-state index in [0.29, 0.717) is 10.8 Å². The molecule has 1 heterocycles. The van der Waals surface area contributed by atoms with Gasteiger partial charge in [0.05, 0.1) is 11.4 Å². The van der Waals surface area contributed by atoms with Crippen molar-refractivity contribution in [2.45, 2.75) is 6.04 Å². The predicted molar refractivity (Wildman–Crippen MR) is 113 cm³/mol. The lowest BCUT2D eigenvalue weighted by atomic mass is 10.0. The van der Waals surface area contributed by atoms with E-state index >= 15 is 0 Å². The van der Waals surface area contributed by atoms with Crippen LogP contribution in [0.4, 0.5) is 0 Å². The Balaban J connectivity index is 1.88. The molecule has 0 saturated heterocycles. The third-order valence-electron chi connectivity index (χ3n) is 4.54. The highest BCUT2D eigenvalue weighted by atomic mass is 35.5. The second-order valence-electron chi connectivity index (χ2n) is 6.49. The first-order valence-electron chi connectivity index (χ1n) is 9.00. The monoisotopic (exact) mass is 400 g/mol. The van der Waals surface area contributed by atoms with Crippen LogP contribution in [-0.4, -0.2) is 15.1 Å². The normalized spacial score (nSPS) is 11.8. The van der Waals surface area contributed by atoms with Crippen LogP contribution in [-0.2, 0) is 0 Å². The molecule has 1 aromatic heterocycles. The molecule has 0 amide bonds. The Morgan fingerprint density at radius 1 is 0.793 bits per heavy atom. The third kappa shape index (κ3) is 4.15. The minimum Gasteiger partial charge on any atom is -0.508 e. The van der Waals surface area contributed by atoms with Crippen molar-refractivity contribution in [1.29, 1.82) is 5.53 Å². The molecule has 0 fully saturated rings. The maximum atomic E-state index is 9.57. The highest BCUT2D eigenvalue weighted by molar-refractivity contribution is 6.30. The van der Waals surface area contributed by atoms with Crippen LogP contribution < -0.4 is 0 Å². The van der Waals surface area contributed by atoms with Crippen molar-refractivity contribution in [3.05, 3.63) is 101 Å². The smallest absolute Gasteiger partial charge is 0.160 e. The fourth-order valence-corrected chi connectivity index (χ4v) is 3.18. The first-order valence-corrected chi connectivity index (χ1v) is 9.37. The first-order chi connectivity index (χ1) is 14.1. The van der Waals surface area contributed by atoms with Gasteiger partial charge >= 0.3 is 0 Å². The molecule has 6 heteroatoms. The van der Waals surface area contributed by atoms with Crippen LogP contribution >= 0.6 is 11.6 Å². The Morgan fingerprint density at radius 3 is 1.97 bits per heavy atom. The van der Waals surface area contributed by atoms with Crippen LogP contribution in [0.25, 0.3) is 22.5 Å². The van der Waals surface area contributed by atoms with Gasteiger partial charge in [0.25, 0.3) is 0 Å². The lowest BCUT2D eigenvalue weighted by Crippen LogP contribution is -2.06. The van der Waals surface area contributed by atoms with E-state index in [1.54, 1.807) is 24.3 Å². The number of nitrogens with zero attached hydrogens (tertiary/aromatic N) is 3. The number of hydrogen-bond donors (Lipinski definition) is 2. The van der Waals surface area contributed by atoms with Gasteiger partial charge in [-0.3, -0.25) is 0 Å². The molecule has 0 spiro atoms. The summed E-state index contributed by atoms with van der Waals surface area (Å²) in [5.41, 5.74) is 11.8. The van der Waals surface area contributed by atoms with Gasteiger partial charge in [-0.1, -0.05) is 66.2 Å². The SMILES string of the molecule is N=NC(c1ccc(O)cc1)c1nc(-c2ccccc2)cc(-c2ccc(Cl)cc2)n1. The van der Waals surface area contributed by atoms with Crippen LogP contribution in [0.2, 0.25) is 5.02 Å². The topological polar surface area (TPSA) is 82.2 Å². The van der Waals surface area contributed by atoms with E-state index < -0.39 is 6.04 Å². The number of phenolic OH excluding ortho intramolecular Hbond substituents is 1. The van der Waals surface area contributed by atoms with E-state index in [0.717, 1.165) is 28.1 Å². The minimum absolute atomic E-state index is 0.151. The van der Waals surface area contributed by atoms with Crippen LogP contribution in [0.15, 0.2) is 90.0 Å². The molecule has 0 bridgehead atoms. The van der Waals surface area contributed by atoms with Crippen molar-refractivity contribution >= 4 is 11.6 Å². The summed E-state index contributed by atoms with van der Waals surface area (Å²) in [6.07, 6.45) is 0. The average Bonchev–Trinajstić information content (AvgIpc) is 2.76. The number of halogens is 1. The Kier molecular flexibility index (Phi) is 5.31. The zero-order chi connectivity index (χ0) is 20.2. The Hall–Kier alpha value is -3.57. The molecule has 3 aromatic carbocycles. The fourth-order valence-electron chi connectivity index (χ4n) is 3.05. The van der Waals surface area contributed by atoms with Crippen molar-refractivity contribution in [3.63, 3.8) is 0 Å². The van der Waals surface area contributed by atoms with Gasteiger partial charge < -0.3 is 5.11 Å². The minimum atomic E-state index is -0.676. The standard InChI is InChI=1S/C23H17ClN4O/c24-18-10-6-16(7-11-18)21-14-20(15-4-2-1-3-5-15)26-23(27-21)22(28-25)17-8-12-19(29)13-9-17/h1-14,22,25,29H. The van der Waals surface area contributed by atoms with Gasteiger partial charge in [0.2, 0.25) is 0 Å². The van der Waals surface area contributed by atoms with E-state index in [4.69, 9.17) is 27.1 Å². The predicted octanol–water partition coefficient (Wildman–Crippen LogP) is 6.29. The summed E-state index contributed by atoms with van der Waals surface area (Å²) in [7, 11) is 0. The average molecular weight is 401 g/mol. The summed E-state index contributed by atoms with van der Waals surface area (Å²) in [4.78, 5) is 9.40. The molecule has 4 rings (SSSR count). The maximum Gasteiger partial charge on any atom is 0.160 e. The lowest BCUT2D eigenvalue weighted by molar-refractivity contribution is 0.475. The van der Waals surface area contributed by atoms with Gasteiger partial charge in [0, 0.05) is 16.1 Å². The molecule has 142 valence electrons. The Morgan fingerprint density at radius 2 is 1.38 bits per heavy atom. The number of phenols is 1. The molecule has 0 radical (unpaired) electrons. The van der Waals surface area contributed by atoms with E-state index in [1.165, 1.54) is 0 Å². The molecule has 1 unspecified atom stereocenters. The van der Waals surface area contributed by atoms with Crippen LogP contribution in [0.5, 0.6) is 5.75 Å². The zero-order valence-corrected chi connectivity index (χ0v) is 16.1. The van der Waals surface area contributed by atoms with Gasteiger partial charge in [-0.05, 0) is 35.9 Å². The summed E-state index contributed by atoms with van der Waals surface area (Å²) < 4.78 is 0. The molecule has 4 aromatic rings. The molecule has 29 heavy (non-hydrogen) atoms. The molecule has 5 nitrogen and oxygen atoms in total. The van der Waals surface area contributed by atoms with Gasteiger partial charge in [-0.2, -0.15) is 5.11 Å². The van der Waals surface area contributed by atoms with Crippen molar-refractivity contribution in [1.82, 2.24) is 9.97 Å². The van der Waals surface area contributed by atoms with E-state index in [2.05, 4.69) is 5.11 Å². The molecule has 2 N–H and O–H groups in total. The highest BCUT2D eigenvalue weighted by Gasteiger charge is 2.19. The lowest BCUT2D eigenvalue weighted by Gasteiger charge is -2.14. The number of hydrogen-bond acceptors (Lipinski definition) is 5. The maximum absolute atomic E-state index is 9.57. The summed E-state index contributed by atoms with van der Waals surface area (Å²) >= 11 is 6.03. The number of benzene rings is 3. The molecular weight excluding hydrogens is 384 g/mol. The molecule has 1 atom stereocenters. The summed E-state index contributed by atoms with van der Waals surface area (Å²) in [6.45, 7) is 0. The van der Waals surface area contributed by atoms with Crippen LogP contribution in [0.1, 0.15) is 17.4 Å². The number of nitrogens with one attached hydrogen (secondary N) is 1. The van der Waals surface area contributed by atoms with Crippen molar-refractivity contribution in [2.24, 2.45) is 5.11 Å². The second-order valence-corrected chi connectivity index (χ2v) is 6.93. The summed E-state index contributed by atoms with van der Waals surface area (Å²) in [5, 5.41) is 14.0. The van der Waals surface area contributed by atoms with Crippen molar-refractivity contribution in [3.8, 4) is 28.3 Å². The largest absolute Gasteiger partial charge is 0.508 e. The number of aromatic nitrogens is 2. The summed E-state index contributed by atoms with van der Waals surface area (Å²) in [6, 6.07) is 25.0. The van der Waals surface area contributed by atoms with Crippen molar-refractivity contribution in [2.75, 3.05) is 0 Å². The Labute approximate surface area is 173 Å². The Bertz CT molecular complexity index is 1130. The van der Waals surface area contributed by atoms with Gasteiger partial charge in [0.1, 0.15) is 5.75 Å². The fraction of sp³-hybridized carbons (Fsp3) is 0.0435. The molecule has 0 saturated carbocycles. The van der Waals surface area contributed by atoms with E-state index in [9.17, 15) is 5.11 Å². The van der Waals surface area contributed by atoms with Crippen LogP contribution in [0.3, 0.4) is 0 Å². The molecule has 0 aliphatic rings. The summed E-state index contributed by atoms with van der Waals surface area (Å²) in [5.74, 6) is 0.565. The van der Waals surface area contributed by atoms with Gasteiger partial charge in [-0.15, -0.1) is 0 Å². The molecular formula is C23H17ClN4O. The van der Waals surface area contributed by atoms with Crippen molar-refractivity contribution < 1.29 is 5.11 Å². The number of rotatable bonds is 5. The zero-order valence-electron chi connectivity index (χ0n) is 15.3. The quantitative estimate of drug-likeness (QED) is 0.386.